The summed E-state index contributed by atoms with van der Waals surface area (Å²) in [6.45, 7) is 20.0. The Kier molecular flexibility index (Phi) is 11.6. The summed E-state index contributed by atoms with van der Waals surface area (Å²) in [5, 5.41) is 0. The van der Waals surface area contributed by atoms with Crippen LogP contribution < -0.4 is 0 Å². The maximum Gasteiger partial charge on any atom is -0.0132 e. The molecule has 0 saturated heterocycles. The first-order valence-electron chi connectivity index (χ1n) is 11.0. The molecule has 3 aromatic carbocycles. The molecule has 0 amide bonds. The van der Waals surface area contributed by atoms with Crippen LogP contribution in [0.3, 0.4) is 0 Å². The largest absolute Gasteiger partial charge is 0.0776 e. The minimum absolute atomic E-state index is 0. The Bertz CT molecular complexity index is 691. The molecule has 170 valence electrons. The lowest BCUT2D eigenvalue weighted by Crippen LogP contribution is -2.10. The molecule has 0 fully saturated rings. The molecule has 0 unspecified atom stereocenters. The first kappa shape index (κ1) is 28.7. The molecule has 0 aliphatic rings. The Hall–Kier alpha value is -2.34. The summed E-state index contributed by atoms with van der Waals surface area (Å²) in [5.41, 5.74) is 5.07. The van der Waals surface area contributed by atoms with E-state index in [1.54, 1.807) is 0 Å². The number of hydrogen-bond acceptors (Lipinski definition) is 0. The van der Waals surface area contributed by atoms with Crippen molar-refractivity contribution in [3.63, 3.8) is 0 Å². The van der Waals surface area contributed by atoms with Crippen molar-refractivity contribution >= 4 is 0 Å². The monoisotopic (exact) mass is 418 g/mol. The van der Waals surface area contributed by atoms with Gasteiger partial charge in [0.15, 0.2) is 0 Å². The summed E-state index contributed by atoms with van der Waals surface area (Å²) >= 11 is 0. The van der Waals surface area contributed by atoms with Crippen molar-refractivity contribution in [2.24, 2.45) is 0 Å². The highest BCUT2D eigenvalue weighted by Gasteiger charge is 2.12. The molecule has 0 aliphatic carbocycles. The van der Waals surface area contributed by atoms with E-state index in [1.165, 1.54) is 16.7 Å². The van der Waals surface area contributed by atoms with E-state index < -0.39 is 0 Å². The molecule has 3 aromatic rings. The fourth-order valence-electron chi connectivity index (χ4n) is 2.81. The van der Waals surface area contributed by atoms with Crippen LogP contribution in [0.4, 0.5) is 0 Å². The van der Waals surface area contributed by atoms with Gasteiger partial charge in [0, 0.05) is 0 Å². The van der Waals surface area contributed by atoms with Gasteiger partial charge in [-0.05, 0) is 32.9 Å². The maximum atomic E-state index is 2.22. The molecule has 0 bridgehead atoms. The van der Waals surface area contributed by atoms with Crippen molar-refractivity contribution < 1.29 is 0 Å². The number of hydrogen-bond donors (Lipinski definition) is 0. The van der Waals surface area contributed by atoms with Gasteiger partial charge in [-0.15, -0.1) is 0 Å². The molecule has 3 rings (SSSR count). The van der Waals surface area contributed by atoms with E-state index in [0.717, 1.165) is 0 Å². The van der Waals surface area contributed by atoms with Gasteiger partial charge in [-0.25, -0.2) is 0 Å². The van der Waals surface area contributed by atoms with Crippen LogP contribution in [0.15, 0.2) is 91.0 Å². The summed E-state index contributed by atoms with van der Waals surface area (Å²) in [4.78, 5) is 0. The molecule has 0 atom stereocenters. The van der Waals surface area contributed by atoms with Gasteiger partial charge in [-0.2, -0.15) is 0 Å². The first-order chi connectivity index (χ1) is 13.8. The maximum absolute atomic E-state index is 2.22. The van der Waals surface area contributed by atoms with E-state index in [0.29, 0.717) is 16.2 Å². The highest BCUT2D eigenvalue weighted by molar-refractivity contribution is 5.23. The summed E-state index contributed by atoms with van der Waals surface area (Å²) in [6.07, 6.45) is 0. The average molecular weight is 419 g/mol. The molecule has 0 aliphatic heterocycles. The van der Waals surface area contributed by atoms with Crippen LogP contribution in [0.25, 0.3) is 0 Å². The second kappa shape index (κ2) is 12.5. The second-order valence-electron chi connectivity index (χ2n) is 10.8. The van der Waals surface area contributed by atoms with Gasteiger partial charge < -0.3 is 0 Å². The smallest absolute Gasteiger partial charge is 0.0132 e. The topological polar surface area (TPSA) is 0 Å². The van der Waals surface area contributed by atoms with Crippen LogP contribution in [0, 0.1) is 0 Å². The van der Waals surface area contributed by atoms with Crippen molar-refractivity contribution in [2.75, 3.05) is 0 Å². The number of benzene rings is 3. The van der Waals surface area contributed by atoms with Gasteiger partial charge in [-0.1, -0.05) is 161 Å². The minimum atomic E-state index is 0. The van der Waals surface area contributed by atoms with Crippen LogP contribution >= 0.6 is 0 Å². The number of rotatable bonds is 0. The zero-order valence-electron chi connectivity index (χ0n) is 20.7. The highest BCUT2D eigenvalue weighted by Crippen LogP contribution is 2.22. The van der Waals surface area contributed by atoms with E-state index in [2.05, 4.69) is 153 Å². The van der Waals surface area contributed by atoms with E-state index in [4.69, 9.17) is 0 Å². The first-order valence-corrected chi connectivity index (χ1v) is 11.0. The normalized spacial score (nSPS) is 11.1. The fraction of sp³-hybridized carbons (Fsp3) is 0.419. The van der Waals surface area contributed by atoms with Gasteiger partial charge in [0.25, 0.3) is 0 Å². The third-order valence-electron chi connectivity index (χ3n) is 4.92. The molecular formula is C31H46. The van der Waals surface area contributed by atoms with Gasteiger partial charge in [0.1, 0.15) is 0 Å². The van der Waals surface area contributed by atoms with E-state index in [-0.39, 0.29) is 7.43 Å². The van der Waals surface area contributed by atoms with Crippen molar-refractivity contribution in [3.8, 4) is 0 Å². The van der Waals surface area contributed by atoms with E-state index in [9.17, 15) is 0 Å². The van der Waals surface area contributed by atoms with Crippen molar-refractivity contribution in [1.82, 2.24) is 0 Å². The summed E-state index contributed by atoms with van der Waals surface area (Å²) < 4.78 is 0. The Labute approximate surface area is 193 Å². The standard InChI is InChI=1S/3C10H14.CH4/c3*1-10(2,3)9-7-5-4-6-8-9;/h3*4-8H,1-3H3;1H4. The lowest BCUT2D eigenvalue weighted by atomic mass is 9.87. The minimum Gasteiger partial charge on any atom is -0.0776 e. The van der Waals surface area contributed by atoms with Gasteiger partial charge in [0.2, 0.25) is 0 Å². The third kappa shape index (κ3) is 11.6. The summed E-state index contributed by atoms with van der Waals surface area (Å²) in [5.74, 6) is 0. The molecule has 0 aromatic heterocycles. The second-order valence-corrected chi connectivity index (χ2v) is 10.8. The molecule has 0 spiro atoms. The van der Waals surface area contributed by atoms with Gasteiger partial charge in [0.05, 0.1) is 0 Å². The van der Waals surface area contributed by atoms with Crippen LogP contribution in [0.5, 0.6) is 0 Å². The van der Waals surface area contributed by atoms with Crippen LogP contribution in [0.2, 0.25) is 0 Å². The fourth-order valence-corrected chi connectivity index (χ4v) is 2.81. The van der Waals surface area contributed by atoms with Crippen molar-refractivity contribution in [1.29, 1.82) is 0 Å². The molecule has 0 nitrogen and oxygen atoms in total. The molecule has 0 heterocycles. The SMILES string of the molecule is C.CC(C)(C)c1ccccc1.CC(C)(C)c1ccccc1.CC(C)(C)c1ccccc1. The Morgan fingerprint density at radius 3 is 0.581 bits per heavy atom. The average Bonchev–Trinajstić information content (AvgIpc) is 2.69. The van der Waals surface area contributed by atoms with Crippen molar-refractivity contribution in [3.05, 3.63) is 108 Å². The van der Waals surface area contributed by atoms with Gasteiger partial charge in [-0.3, -0.25) is 0 Å². The summed E-state index contributed by atoms with van der Waals surface area (Å²) in [7, 11) is 0. The van der Waals surface area contributed by atoms with Crippen LogP contribution in [0.1, 0.15) is 86.4 Å². The predicted molar refractivity (Wildman–Crippen MR) is 142 cm³/mol. The lowest BCUT2D eigenvalue weighted by molar-refractivity contribution is 0.590. The van der Waals surface area contributed by atoms with E-state index >= 15 is 0 Å². The quantitative estimate of drug-likeness (QED) is 0.341. The van der Waals surface area contributed by atoms with E-state index in [1.807, 2.05) is 0 Å². The van der Waals surface area contributed by atoms with Crippen LogP contribution in [-0.4, -0.2) is 0 Å². The van der Waals surface area contributed by atoms with Gasteiger partial charge >= 0.3 is 0 Å². The van der Waals surface area contributed by atoms with Crippen molar-refractivity contribution in [2.45, 2.75) is 86.0 Å². The molecule has 0 radical (unpaired) electrons. The molecule has 0 heteroatoms. The molecular weight excluding hydrogens is 372 g/mol. The Morgan fingerprint density at radius 1 is 0.323 bits per heavy atom. The Morgan fingerprint density at radius 2 is 0.484 bits per heavy atom. The molecule has 0 saturated carbocycles. The predicted octanol–water partition coefficient (Wildman–Crippen LogP) is 9.59. The lowest BCUT2D eigenvalue weighted by Gasteiger charge is -2.18. The zero-order valence-corrected chi connectivity index (χ0v) is 20.7. The molecule has 31 heavy (non-hydrogen) atoms. The van der Waals surface area contributed by atoms with Crippen LogP contribution in [-0.2, 0) is 16.2 Å². The Balaban J connectivity index is 0.000000429. The molecule has 0 N–H and O–H groups in total. The summed E-state index contributed by atoms with van der Waals surface area (Å²) in [6, 6.07) is 31.7. The third-order valence-corrected chi connectivity index (χ3v) is 4.92. The zero-order chi connectivity index (χ0) is 22.8. The highest BCUT2D eigenvalue weighted by atomic mass is 14.2.